The monoisotopic (exact) mass is 1860 g/mol. The molecule has 13 N–H and O–H groups in total. The fourth-order valence-electron chi connectivity index (χ4n) is 13.9. The summed E-state index contributed by atoms with van der Waals surface area (Å²) >= 11 is 30.3. The van der Waals surface area contributed by atoms with Crippen LogP contribution in [0.1, 0.15) is 183 Å². The summed E-state index contributed by atoms with van der Waals surface area (Å²) in [6.45, 7) is 0. The van der Waals surface area contributed by atoms with Crippen molar-refractivity contribution >= 4 is 172 Å². The number of aromatic nitrogens is 10. The minimum atomic E-state index is -2.84. The van der Waals surface area contributed by atoms with Crippen molar-refractivity contribution < 1.29 is 73.5 Å². The van der Waals surface area contributed by atoms with Gasteiger partial charge in [0.15, 0.2) is 0 Å². The van der Waals surface area contributed by atoms with Gasteiger partial charge in [0.05, 0.1) is 29.0 Å². The van der Waals surface area contributed by atoms with Gasteiger partial charge in [-0.3, -0.25) is 71.2 Å². The van der Waals surface area contributed by atoms with Crippen molar-refractivity contribution in [2.75, 3.05) is 32.3 Å². The molecule has 7 aromatic rings. The van der Waals surface area contributed by atoms with Crippen LogP contribution in [-0.4, -0.2) is 119 Å². The molecule has 17 rings (SSSR count). The number of hydrogen-bond acceptors (Lipinski definition) is 21. The van der Waals surface area contributed by atoms with E-state index in [0.29, 0.717) is 11.6 Å². The van der Waals surface area contributed by atoms with Crippen LogP contribution in [0.25, 0.3) is 0 Å². The zero-order valence-electron chi connectivity index (χ0n) is 61.4. The molecule has 7 saturated carbocycles. The van der Waals surface area contributed by atoms with E-state index in [9.17, 15) is 92.7 Å². The molecular formula is C72H70Br2Cl4F8N20O12. The third-order valence-electron chi connectivity index (χ3n) is 20.7. The molecule has 628 valence electrons. The summed E-state index contributed by atoms with van der Waals surface area (Å²) in [7, 11) is 0. The Kier molecular flexibility index (Phi) is 25.4. The zero-order chi connectivity index (χ0) is 85.5. The van der Waals surface area contributed by atoms with Crippen LogP contribution >= 0.6 is 78.3 Å². The molecule has 0 aromatic carbocycles. The molecule has 10 heterocycles. The second-order valence-corrected chi connectivity index (χ2v) is 32.9. The minimum absolute atomic E-state index is 0.00539. The normalized spacial score (nSPS) is 19.7. The van der Waals surface area contributed by atoms with Crippen molar-refractivity contribution in [3.05, 3.63) is 155 Å². The predicted molar refractivity (Wildman–Crippen MR) is 419 cm³/mol. The molecule has 118 heavy (non-hydrogen) atoms. The number of alkyl halides is 8. The molecule has 10 aliphatic rings. The first kappa shape index (κ1) is 87.3. The largest absolute Gasteiger partial charge is 0.384 e. The zero-order valence-corrected chi connectivity index (χ0v) is 67.6. The van der Waals surface area contributed by atoms with E-state index in [2.05, 4.69) is 109 Å². The third-order valence-corrected chi connectivity index (χ3v) is 23.0. The van der Waals surface area contributed by atoms with Crippen LogP contribution in [0.15, 0.2) is 89.6 Å². The number of nitrogen functional groups attached to an aromatic ring is 1. The molecular weight excluding hydrogens is 1790 g/mol. The average molecular weight is 1860 g/mol. The summed E-state index contributed by atoms with van der Waals surface area (Å²) in [4.78, 5) is 169. The highest BCUT2D eigenvalue weighted by Gasteiger charge is 2.55. The van der Waals surface area contributed by atoms with E-state index in [1.165, 1.54) is 69.1 Å². The van der Waals surface area contributed by atoms with Crippen molar-refractivity contribution in [3.63, 3.8) is 0 Å². The number of nitrogens with two attached hydrogens (primary N) is 2. The van der Waals surface area contributed by atoms with Gasteiger partial charge in [0.1, 0.15) is 111 Å². The first-order chi connectivity index (χ1) is 55.5. The quantitative estimate of drug-likeness (QED) is 0.0536. The summed E-state index contributed by atoms with van der Waals surface area (Å²) in [5.41, 5.74) is 4.62. The minimum Gasteiger partial charge on any atom is -0.384 e. The molecule has 0 unspecified atom stereocenters. The van der Waals surface area contributed by atoms with Gasteiger partial charge in [-0.25, -0.2) is 65.0 Å². The van der Waals surface area contributed by atoms with E-state index in [4.69, 9.17) is 57.9 Å². The number of hydrogen-bond donors (Lipinski definition) is 11. The van der Waals surface area contributed by atoms with Crippen molar-refractivity contribution in [1.82, 2.24) is 64.5 Å². The maximum atomic E-state index is 13.8. The Morgan fingerprint density at radius 3 is 1.07 bits per heavy atom. The molecule has 0 atom stereocenters. The summed E-state index contributed by atoms with van der Waals surface area (Å²) in [6.07, 6.45) is 5.82. The lowest BCUT2D eigenvalue weighted by Gasteiger charge is -2.38. The molecule has 7 fully saturated rings. The lowest BCUT2D eigenvalue weighted by Crippen LogP contribution is -2.51. The van der Waals surface area contributed by atoms with E-state index in [0.717, 1.165) is 38.5 Å². The van der Waals surface area contributed by atoms with E-state index >= 15 is 0 Å². The number of nitrogens with one attached hydrogen (secondary N) is 9. The number of amides is 7. The Balaban J connectivity index is 0.000000138. The Labute approximate surface area is 697 Å². The second kappa shape index (κ2) is 34.4. The summed E-state index contributed by atoms with van der Waals surface area (Å²) in [5, 5.41) is 22.1. The number of primary amides is 1. The lowest BCUT2D eigenvalue weighted by atomic mass is 9.86. The number of carbonyl (C=O) groups is 8. The van der Waals surface area contributed by atoms with Crippen LogP contribution < -0.4 is 76.2 Å². The van der Waals surface area contributed by atoms with Crippen molar-refractivity contribution in [1.29, 1.82) is 0 Å². The molecule has 46 heteroatoms. The Morgan fingerprint density at radius 2 is 0.729 bits per heavy atom. The molecule has 32 nitrogen and oxygen atoms in total. The van der Waals surface area contributed by atoms with Crippen LogP contribution in [0.3, 0.4) is 0 Å². The second-order valence-electron chi connectivity index (χ2n) is 29.5. The summed E-state index contributed by atoms with van der Waals surface area (Å²) in [6, 6.07) is 9.75. The molecule has 0 bridgehead atoms. The van der Waals surface area contributed by atoms with Crippen LogP contribution in [0.5, 0.6) is 0 Å². The number of halogens is 14. The Hall–Kier alpha value is -10.0. The van der Waals surface area contributed by atoms with Gasteiger partial charge in [-0.15, -0.1) is 0 Å². The van der Waals surface area contributed by atoms with Gasteiger partial charge in [0.2, 0.25) is 41.4 Å². The number of rotatable bonds is 11. The fourth-order valence-corrected chi connectivity index (χ4v) is 15.9. The highest BCUT2D eigenvalue weighted by molar-refractivity contribution is 9.10. The number of fused-ring (bicyclic) bond motifs is 6. The predicted octanol–water partition coefficient (Wildman–Crippen LogP) is 11.9. The molecule has 7 aromatic heterocycles. The number of Topliss-reactive ketones (excluding diaryl/α,β-unsaturated/α-hetero) is 1. The first-order valence-corrected chi connectivity index (χ1v) is 39.7. The van der Waals surface area contributed by atoms with Crippen LogP contribution in [0.4, 0.5) is 81.4 Å². The number of aromatic amines is 1. The van der Waals surface area contributed by atoms with Crippen molar-refractivity contribution in [2.45, 2.75) is 182 Å². The van der Waals surface area contributed by atoms with Gasteiger partial charge in [-0.1, -0.05) is 46.4 Å². The first-order valence-electron chi connectivity index (χ1n) is 36.6. The van der Waals surface area contributed by atoms with E-state index in [1.54, 1.807) is 6.07 Å². The number of H-pyrrole nitrogens is 1. The standard InChI is InChI=1S/2C20H19ClF2N6O3.C12H10BrClF2N2O2.C8H10N4O.C6H4BrClN2O2.C6H8F2O/c2*21-11-7-12(26-13-8-14(25-9-24-13)27-16(30)10-1-2-10)18(32)29-15(11)17(31)28-20(29)5-3-19(22,23)4-6-20;13-6-5-7(14)8-9(19)17-12(18(8)10(6)20)3-1-11(15,16)2-4-12;9-6-3-7(11-4-10-6)12-8(13)5-1-2-5;7-2-1-3(8)4(5(9)11)10-6(2)12;7-6(8)3-1-5(9)2-4-6/h2*7-10H,1-6H2,(H,28,31)(H2,24,25,26,27,30);5H,1-4H2,(H,17,19);3-5H,1-2H2,(H3,9,10,11,12,13);1H,(H2,9,11)(H,10,12);1-4H2. The highest BCUT2D eigenvalue weighted by Crippen LogP contribution is 2.48. The number of anilines is 8. The molecule has 7 amide bonds. The van der Waals surface area contributed by atoms with Gasteiger partial charge in [0, 0.05) is 100 Å². The van der Waals surface area contributed by atoms with Gasteiger partial charge in [-0.05, 0) is 133 Å². The van der Waals surface area contributed by atoms with Gasteiger partial charge in [0.25, 0.3) is 45.9 Å². The molecule has 0 saturated heterocycles. The molecule has 7 aliphatic carbocycles. The fraction of sp³-hybridized carbons (Fsp3) is 0.444. The maximum Gasteiger partial charge on any atom is 0.276 e. The molecule has 3 spiro atoms. The lowest BCUT2D eigenvalue weighted by molar-refractivity contribution is -0.128. The maximum absolute atomic E-state index is 13.8. The number of pyridine rings is 4. The SMILES string of the molecule is NC(=O)c1[nH]c(=O)c(Br)cc1Cl.Nc1cc(NC(=O)C2CC2)ncn1.O=C1CCC(F)(F)CC1.O=C1NC2(CCC(F)(F)CC2)n2c1c(Cl)cc(Br)c2=O.O=C1NC2(CCC(F)(F)CC2)n2c1c(Cl)cc(Nc1cc(NC(=O)C3CC3)ncn1)c2=O.O=C1NC2(CCC(F)(F)CC2)n2c1c(Cl)cc(Nc1cc(NC(=O)C3CC3)ncn1)c2=O. The average Bonchev–Trinajstić information content (AvgIpc) is 1.58. The number of ketones is 1. The van der Waals surface area contributed by atoms with Gasteiger partial charge >= 0.3 is 0 Å². The number of carbonyl (C=O) groups excluding carboxylic acids is 8. The topological polar surface area (TPSA) is 461 Å². The highest BCUT2D eigenvalue weighted by atomic mass is 79.9. The summed E-state index contributed by atoms with van der Waals surface area (Å²) < 4.78 is 110. The van der Waals surface area contributed by atoms with E-state index in [1.807, 2.05) is 0 Å². The van der Waals surface area contributed by atoms with Crippen LogP contribution in [0, 0.1) is 17.8 Å². The Bertz CT molecular complexity index is 5270. The van der Waals surface area contributed by atoms with E-state index in [-0.39, 0.29) is 205 Å². The van der Waals surface area contributed by atoms with Crippen molar-refractivity contribution in [2.24, 2.45) is 23.5 Å². The van der Waals surface area contributed by atoms with Gasteiger partial charge in [-0.2, -0.15) is 0 Å². The third kappa shape index (κ3) is 20.3. The van der Waals surface area contributed by atoms with Gasteiger partial charge < -0.3 is 59.0 Å². The summed E-state index contributed by atoms with van der Waals surface area (Å²) in [5.74, 6) is -11.7. The number of nitrogens with zero attached hydrogens (tertiary/aromatic N) is 9. The van der Waals surface area contributed by atoms with Crippen LogP contribution in [-0.2, 0) is 36.2 Å². The Morgan fingerprint density at radius 1 is 0.415 bits per heavy atom. The van der Waals surface area contributed by atoms with Crippen LogP contribution in [0.2, 0.25) is 20.1 Å². The smallest absolute Gasteiger partial charge is 0.276 e. The molecule has 3 aliphatic heterocycles. The van der Waals surface area contributed by atoms with Crippen molar-refractivity contribution in [3.8, 4) is 0 Å². The van der Waals surface area contributed by atoms with E-state index < -0.39 is 112 Å². The molecule has 0 radical (unpaired) electrons.